The highest BCUT2D eigenvalue weighted by Gasteiger charge is 2.65. The molecule has 5 rings (SSSR count). The maximum Gasteiger partial charge on any atom is 0.347 e. The van der Waals surface area contributed by atoms with Gasteiger partial charge >= 0.3 is 11.9 Å². The lowest BCUT2D eigenvalue weighted by atomic mass is 9.43. The van der Waals surface area contributed by atoms with Crippen LogP contribution in [-0.2, 0) is 19.1 Å². The summed E-state index contributed by atoms with van der Waals surface area (Å²) in [5.41, 5.74) is -0.210. The second-order valence-corrected chi connectivity index (χ2v) is 13.0. The molecule has 1 saturated heterocycles. The molecule has 0 aromatic rings. The molecular weight excluding hydrogens is 448 g/mol. The Balaban J connectivity index is 1.27. The van der Waals surface area contributed by atoms with Gasteiger partial charge in [-0.3, -0.25) is 4.79 Å². The van der Waals surface area contributed by atoms with Crippen molar-refractivity contribution >= 4 is 11.9 Å². The van der Waals surface area contributed by atoms with E-state index in [4.69, 9.17) is 9.47 Å². The van der Waals surface area contributed by atoms with Crippen molar-refractivity contribution in [3.8, 4) is 0 Å². The van der Waals surface area contributed by atoms with Crippen LogP contribution in [0.3, 0.4) is 0 Å². The van der Waals surface area contributed by atoms with Gasteiger partial charge in [0, 0.05) is 12.8 Å². The number of aliphatic hydroxyl groups is 3. The van der Waals surface area contributed by atoms with Crippen molar-refractivity contribution in [3.63, 3.8) is 0 Å². The summed E-state index contributed by atoms with van der Waals surface area (Å²) in [4.78, 5) is 24.0. The third kappa shape index (κ3) is 4.14. The molecular formula is C28H44O7. The van der Waals surface area contributed by atoms with Gasteiger partial charge in [0.25, 0.3) is 0 Å². The second-order valence-electron chi connectivity index (χ2n) is 13.0. The monoisotopic (exact) mass is 492 g/mol. The standard InChI is InChI=1S/C28H44O7/c1-15(4-7-24(32)35-22-9-11-34-26(22)33)18-5-6-19-25-20(14-23(31)28(18,19)3)27(2)10-8-17(29)12-16(27)13-21(25)30/h15-23,25,29-31H,4-14H2,1-3H3. The zero-order valence-corrected chi connectivity index (χ0v) is 21.5. The van der Waals surface area contributed by atoms with Crippen LogP contribution < -0.4 is 0 Å². The van der Waals surface area contributed by atoms with Crippen LogP contribution in [0.1, 0.15) is 85.0 Å². The molecule has 35 heavy (non-hydrogen) atoms. The molecule has 0 aromatic heterocycles. The number of carbonyl (C=O) groups excluding carboxylic acids is 2. The zero-order chi connectivity index (χ0) is 25.1. The number of carbonyl (C=O) groups is 2. The van der Waals surface area contributed by atoms with Crippen LogP contribution in [0, 0.1) is 46.3 Å². The summed E-state index contributed by atoms with van der Waals surface area (Å²) >= 11 is 0. The fraction of sp³-hybridized carbons (Fsp3) is 0.929. The minimum absolute atomic E-state index is 0.0697. The number of esters is 2. The van der Waals surface area contributed by atoms with Crippen LogP contribution >= 0.6 is 0 Å². The average Bonchev–Trinajstić information content (AvgIpc) is 3.37. The first-order chi connectivity index (χ1) is 16.6. The first kappa shape index (κ1) is 25.5. The van der Waals surface area contributed by atoms with Gasteiger partial charge in [0.1, 0.15) is 0 Å². The van der Waals surface area contributed by atoms with Crippen molar-refractivity contribution in [2.45, 2.75) is 109 Å². The SMILES string of the molecule is CC(CCC(=O)OC1CCOC1=O)C1CCC2C3C(O)CC4CC(O)CCC4(C)C3CC(O)C12C. The Hall–Kier alpha value is -1.18. The van der Waals surface area contributed by atoms with Crippen LogP contribution in [-0.4, -0.2) is 58.3 Å². The summed E-state index contributed by atoms with van der Waals surface area (Å²) in [7, 11) is 0. The summed E-state index contributed by atoms with van der Waals surface area (Å²) < 4.78 is 10.2. The Morgan fingerprint density at radius 2 is 1.86 bits per heavy atom. The molecule has 12 atom stereocenters. The average molecular weight is 493 g/mol. The Kier molecular flexibility index (Phi) is 6.76. The molecule has 0 radical (unpaired) electrons. The molecule has 0 bridgehead atoms. The molecule has 0 aromatic carbocycles. The van der Waals surface area contributed by atoms with Gasteiger partial charge in [-0.05, 0) is 97.7 Å². The van der Waals surface area contributed by atoms with E-state index in [0.29, 0.717) is 31.8 Å². The topological polar surface area (TPSA) is 113 Å². The number of hydrogen-bond acceptors (Lipinski definition) is 7. The lowest BCUT2D eigenvalue weighted by Crippen LogP contribution is -2.62. The molecule has 3 N–H and O–H groups in total. The van der Waals surface area contributed by atoms with E-state index < -0.39 is 18.2 Å². The highest BCUT2D eigenvalue weighted by atomic mass is 16.6. The molecule has 5 fully saturated rings. The molecule has 4 aliphatic carbocycles. The van der Waals surface area contributed by atoms with Gasteiger partial charge < -0.3 is 24.8 Å². The smallest absolute Gasteiger partial charge is 0.347 e. The first-order valence-corrected chi connectivity index (χ1v) is 14.0. The Morgan fingerprint density at radius 3 is 2.57 bits per heavy atom. The molecule has 1 heterocycles. The highest BCUT2D eigenvalue weighted by molar-refractivity contribution is 5.80. The van der Waals surface area contributed by atoms with Gasteiger partial charge in [0.15, 0.2) is 0 Å². The minimum atomic E-state index is -0.762. The fourth-order valence-electron chi connectivity index (χ4n) is 9.48. The highest BCUT2D eigenvalue weighted by Crippen LogP contribution is 2.68. The van der Waals surface area contributed by atoms with Crippen LogP contribution in [0.2, 0.25) is 0 Å². The number of aliphatic hydroxyl groups excluding tert-OH is 3. The van der Waals surface area contributed by atoms with Crippen molar-refractivity contribution < 1.29 is 34.4 Å². The van der Waals surface area contributed by atoms with Gasteiger partial charge in [-0.2, -0.15) is 0 Å². The minimum Gasteiger partial charge on any atom is -0.463 e. The fourth-order valence-corrected chi connectivity index (χ4v) is 9.48. The van der Waals surface area contributed by atoms with Crippen LogP contribution in [0.15, 0.2) is 0 Å². The summed E-state index contributed by atoms with van der Waals surface area (Å²) in [5, 5.41) is 33.3. The van der Waals surface area contributed by atoms with E-state index in [9.17, 15) is 24.9 Å². The van der Waals surface area contributed by atoms with E-state index >= 15 is 0 Å². The van der Waals surface area contributed by atoms with Crippen molar-refractivity contribution in [1.29, 1.82) is 0 Å². The van der Waals surface area contributed by atoms with Gasteiger partial charge in [0.2, 0.25) is 6.10 Å². The van der Waals surface area contributed by atoms with E-state index in [0.717, 1.165) is 38.5 Å². The number of fused-ring (bicyclic) bond motifs is 5. The van der Waals surface area contributed by atoms with E-state index in [1.165, 1.54) is 0 Å². The van der Waals surface area contributed by atoms with E-state index in [-0.39, 0.29) is 65.0 Å². The van der Waals surface area contributed by atoms with Crippen molar-refractivity contribution in [1.82, 2.24) is 0 Å². The lowest BCUT2D eigenvalue weighted by Gasteiger charge is -2.63. The van der Waals surface area contributed by atoms with Gasteiger partial charge in [-0.25, -0.2) is 4.79 Å². The van der Waals surface area contributed by atoms with Crippen molar-refractivity contribution in [2.75, 3.05) is 6.61 Å². The molecule has 198 valence electrons. The van der Waals surface area contributed by atoms with E-state index in [1.54, 1.807) is 0 Å². The molecule has 7 heteroatoms. The Morgan fingerprint density at radius 1 is 1.09 bits per heavy atom. The maximum absolute atomic E-state index is 12.4. The quantitative estimate of drug-likeness (QED) is 0.505. The molecule has 12 unspecified atom stereocenters. The second kappa shape index (κ2) is 9.29. The zero-order valence-electron chi connectivity index (χ0n) is 21.5. The number of hydrogen-bond donors (Lipinski definition) is 3. The van der Waals surface area contributed by atoms with Crippen LogP contribution in [0.5, 0.6) is 0 Å². The number of ether oxygens (including phenoxy) is 2. The van der Waals surface area contributed by atoms with Gasteiger partial charge in [-0.1, -0.05) is 20.8 Å². The summed E-state index contributed by atoms with van der Waals surface area (Å²) in [6.45, 7) is 7.06. The molecule has 5 aliphatic rings. The van der Waals surface area contributed by atoms with Gasteiger partial charge in [0.05, 0.1) is 24.9 Å². The Bertz CT molecular complexity index is 830. The normalized spacial score (nSPS) is 50.0. The molecule has 7 nitrogen and oxygen atoms in total. The molecule has 0 amide bonds. The number of cyclic esters (lactones) is 1. The summed E-state index contributed by atoms with van der Waals surface area (Å²) in [6.07, 6.45) is 5.54. The van der Waals surface area contributed by atoms with Gasteiger partial charge in [-0.15, -0.1) is 0 Å². The van der Waals surface area contributed by atoms with E-state index in [1.807, 2.05) is 0 Å². The lowest BCUT2D eigenvalue weighted by molar-refractivity contribution is -0.207. The summed E-state index contributed by atoms with van der Waals surface area (Å²) in [5.74, 6) is 0.758. The van der Waals surface area contributed by atoms with Crippen molar-refractivity contribution in [2.24, 2.45) is 46.3 Å². The third-order valence-corrected chi connectivity index (χ3v) is 11.5. The largest absolute Gasteiger partial charge is 0.463 e. The Labute approximate surface area is 208 Å². The molecule has 4 saturated carbocycles. The first-order valence-electron chi connectivity index (χ1n) is 14.0. The van der Waals surface area contributed by atoms with Crippen molar-refractivity contribution in [3.05, 3.63) is 0 Å². The maximum atomic E-state index is 12.4. The summed E-state index contributed by atoms with van der Waals surface area (Å²) in [6, 6.07) is 0. The molecule has 0 spiro atoms. The number of rotatable bonds is 5. The predicted octanol–water partition coefficient (Wildman–Crippen LogP) is 3.22. The van der Waals surface area contributed by atoms with Crippen LogP contribution in [0.4, 0.5) is 0 Å². The van der Waals surface area contributed by atoms with E-state index in [2.05, 4.69) is 20.8 Å². The van der Waals surface area contributed by atoms with Crippen LogP contribution in [0.25, 0.3) is 0 Å². The predicted molar refractivity (Wildman–Crippen MR) is 128 cm³/mol. The third-order valence-electron chi connectivity index (χ3n) is 11.5. The molecule has 1 aliphatic heterocycles.